The number of nitrogens with one attached hydrogen (secondary N) is 1. The van der Waals surface area contributed by atoms with E-state index in [1.807, 2.05) is 48.5 Å². The number of carbonyl (C=O) groups excluding carboxylic acids is 2. The lowest BCUT2D eigenvalue weighted by Crippen LogP contribution is -2.45. The van der Waals surface area contributed by atoms with Crippen LogP contribution in [0.15, 0.2) is 66.9 Å². The van der Waals surface area contributed by atoms with Crippen molar-refractivity contribution >= 4 is 11.8 Å². The molecule has 212 valence electrons. The van der Waals surface area contributed by atoms with Gasteiger partial charge in [0.1, 0.15) is 23.3 Å². The smallest absolute Gasteiger partial charge is 0.270 e. The van der Waals surface area contributed by atoms with Gasteiger partial charge in [0.15, 0.2) is 0 Å². The summed E-state index contributed by atoms with van der Waals surface area (Å²) >= 11 is 0. The third-order valence-electron chi connectivity index (χ3n) is 7.66. The molecular formula is C32H35N5O4. The fourth-order valence-electron chi connectivity index (χ4n) is 5.36. The Morgan fingerprint density at radius 2 is 1.80 bits per heavy atom. The van der Waals surface area contributed by atoms with Gasteiger partial charge in [-0.2, -0.15) is 5.26 Å². The zero-order chi connectivity index (χ0) is 28.6. The molecule has 1 N–H and O–H groups in total. The van der Waals surface area contributed by atoms with E-state index in [0.717, 1.165) is 56.8 Å². The number of benzene rings is 2. The van der Waals surface area contributed by atoms with Crippen molar-refractivity contribution < 1.29 is 19.1 Å². The van der Waals surface area contributed by atoms with E-state index in [-0.39, 0.29) is 24.0 Å². The minimum Gasteiger partial charge on any atom is -0.497 e. The van der Waals surface area contributed by atoms with Gasteiger partial charge in [-0.05, 0) is 67.6 Å². The molecule has 2 aliphatic rings. The number of rotatable bonds is 8. The number of nitriles is 1. The molecule has 2 fully saturated rings. The lowest BCUT2D eigenvalue weighted by atomic mass is 10.0. The van der Waals surface area contributed by atoms with E-state index in [9.17, 15) is 9.59 Å². The van der Waals surface area contributed by atoms with Gasteiger partial charge in [0.2, 0.25) is 0 Å². The van der Waals surface area contributed by atoms with Crippen molar-refractivity contribution in [2.24, 2.45) is 0 Å². The molecule has 1 atom stereocenters. The number of nitrogens with zero attached hydrogens (tertiary/aromatic N) is 4. The van der Waals surface area contributed by atoms with Gasteiger partial charge in [-0.15, -0.1) is 0 Å². The van der Waals surface area contributed by atoms with E-state index in [2.05, 4.69) is 21.3 Å². The summed E-state index contributed by atoms with van der Waals surface area (Å²) in [6.45, 7) is 3.73. The van der Waals surface area contributed by atoms with Gasteiger partial charge in [-0.25, -0.2) is 0 Å². The highest BCUT2D eigenvalue weighted by atomic mass is 16.5. The summed E-state index contributed by atoms with van der Waals surface area (Å²) in [5.41, 5.74) is 2.60. The Morgan fingerprint density at radius 1 is 1.02 bits per heavy atom. The molecule has 5 rings (SSSR count). The molecule has 2 amide bonds. The van der Waals surface area contributed by atoms with Gasteiger partial charge in [-0.1, -0.05) is 18.2 Å². The minimum absolute atomic E-state index is 0.0812. The molecule has 0 spiro atoms. The van der Waals surface area contributed by atoms with Gasteiger partial charge in [-0.3, -0.25) is 19.5 Å². The molecule has 0 radical (unpaired) electrons. The number of hydrogen-bond donors (Lipinski definition) is 1. The Kier molecular flexibility index (Phi) is 9.12. The Bertz CT molecular complexity index is 1380. The third kappa shape index (κ3) is 7.41. The maximum atomic E-state index is 13.2. The van der Waals surface area contributed by atoms with E-state index in [1.54, 1.807) is 24.1 Å². The van der Waals surface area contributed by atoms with Crippen molar-refractivity contribution in [3.8, 4) is 17.6 Å². The van der Waals surface area contributed by atoms with Gasteiger partial charge in [0.05, 0.1) is 30.9 Å². The maximum Gasteiger partial charge on any atom is 0.270 e. The molecule has 2 aliphatic heterocycles. The molecule has 0 saturated carbocycles. The molecule has 3 heterocycles. The summed E-state index contributed by atoms with van der Waals surface area (Å²) < 4.78 is 11.4. The molecule has 41 heavy (non-hydrogen) atoms. The Balaban J connectivity index is 1.09. The fourth-order valence-corrected chi connectivity index (χ4v) is 5.36. The summed E-state index contributed by atoms with van der Waals surface area (Å²) in [6, 6.07) is 20.7. The van der Waals surface area contributed by atoms with Crippen molar-refractivity contribution in [3.05, 3.63) is 89.2 Å². The molecule has 2 saturated heterocycles. The highest BCUT2D eigenvalue weighted by Crippen LogP contribution is 2.23. The second-order valence-electron chi connectivity index (χ2n) is 10.6. The number of hydrogen-bond acceptors (Lipinski definition) is 7. The van der Waals surface area contributed by atoms with Crippen LogP contribution < -0.4 is 14.8 Å². The largest absolute Gasteiger partial charge is 0.497 e. The second-order valence-corrected chi connectivity index (χ2v) is 10.6. The molecule has 3 aromatic rings. The first kappa shape index (κ1) is 28.1. The van der Waals surface area contributed by atoms with Crippen LogP contribution in [0.5, 0.6) is 11.5 Å². The molecule has 9 heteroatoms. The van der Waals surface area contributed by atoms with Crippen molar-refractivity contribution in [1.29, 1.82) is 5.26 Å². The molecule has 1 unspecified atom stereocenters. The maximum absolute atomic E-state index is 13.2. The van der Waals surface area contributed by atoms with Gasteiger partial charge in [0, 0.05) is 44.5 Å². The lowest BCUT2D eigenvalue weighted by molar-refractivity contribution is 0.0537. The standard InChI is InChI=1S/C32H35N5O4/c1-40-27-4-2-5-28(18-27)41-29-6-3-15-37(22-29)32(39)25-11-12-30(34-20-25)31(38)35-26-13-16-36(17-14-26)21-24-9-7-23(19-33)8-10-24/h2,4-5,7-12,18,20,26,29H,3,6,13-17,21-22H2,1H3,(H,35,38). The number of carbonyl (C=O) groups is 2. The number of piperidine rings is 2. The van der Waals surface area contributed by atoms with Crippen LogP contribution in [-0.2, 0) is 6.54 Å². The second kappa shape index (κ2) is 13.3. The normalized spacial score (nSPS) is 17.9. The van der Waals surface area contributed by atoms with Crippen LogP contribution >= 0.6 is 0 Å². The quantitative estimate of drug-likeness (QED) is 0.449. The van der Waals surface area contributed by atoms with Crippen molar-refractivity contribution in [2.45, 2.75) is 44.4 Å². The van der Waals surface area contributed by atoms with Crippen LogP contribution in [0.4, 0.5) is 0 Å². The van der Waals surface area contributed by atoms with Crippen molar-refractivity contribution in [3.63, 3.8) is 0 Å². The summed E-state index contributed by atoms with van der Waals surface area (Å²) in [6.07, 6.45) is 4.81. The minimum atomic E-state index is -0.223. The topological polar surface area (TPSA) is 108 Å². The number of amides is 2. The highest BCUT2D eigenvalue weighted by Gasteiger charge is 2.27. The summed E-state index contributed by atoms with van der Waals surface area (Å²) in [7, 11) is 1.62. The Morgan fingerprint density at radius 3 is 2.51 bits per heavy atom. The summed E-state index contributed by atoms with van der Waals surface area (Å²) in [4.78, 5) is 34.5. The Hall–Kier alpha value is -4.42. The van der Waals surface area contributed by atoms with Gasteiger partial charge >= 0.3 is 0 Å². The molecular weight excluding hydrogens is 518 g/mol. The first-order chi connectivity index (χ1) is 20.0. The average molecular weight is 554 g/mol. The fraction of sp³-hybridized carbons (Fsp3) is 0.375. The summed E-state index contributed by atoms with van der Waals surface area (Å²) in [5, 5.41) is 12.1. The Labute approximate surface area is 240 Å². The van der Waals surface area contributed by atoms with Crippen LogP contribution in [0.1, 0.15) is 57.7 Å². The number of ether oxygens (including phenoxy) is 2. The predicted octanol–water partition coefficient (Wildman–Crippen LogP) is 4.04. The van der Waals surface area contributed by atoms with Gasteiger partial charge in [0.25, 0.3) is 11.8 Å². The molecule has 9 nitrogen and oxygen atoms in total. The number of aromatic nitrogens is 1. The number of likely N-dealkylation sites (tertiary alicyclic amines) is 2. The average Bonchev–Trinajstić information content (AvgIpc) is 3.02. The first-order valence-electron chi connectivity index (χ1n) is 14.1. The molecule has 0 bridgehead atoms. The molecule has 1 aromatic heterocycles. The lowest BCUT2D eigenvalue weighted by Gasteiger charge is -2.33. The molecule has 2 aromatic carbocycles. The first-order valence-corrected chi connectivity index (χ1v) is 14.1. The zero-order valence-electron chi connectivity index (χ0n) is 23.3. The third-order valence-corrected chi connectivity index (χ3v) is 7.66. The summed E-state index contributed by atoms with van der Waals surface area (Å²) in [5.74, 6) is 1.11. The van der Waals surface area contributed by atoms with Crippen molar-refractivity contribution in [1.82, 2.24) is 20.1 Å². The molecule has 0 aliphatic carbocycles. The van der Waals surface area contributed by atoms with E-state index in [4.69, 9.17) is 14.7 Å². The monoisotopic (exact) mass is 553 g/mol. The van der Waals surface area contributed by atoms with Crippen LogP contribution in [0, 0.1) is 11.3 Å². The van der Waals surface area contributed by atoms with Crippen LogP contribution in [0.3, 0.4) is 0 Å². The van der Waals surface area contributed by atoms with Gasteiger partial charge < -0.3 is 19.7 Å². The number of pyridine rings is 1. The predicted molar refractivity (Wildman–Crippen MR) is 154 cm³/mol. The van der Waals surface area contributed by atoms with Crippen LogP contribution in [0.2, 0.25) is 0 Å². The van der Waals surface area contributed by atoms with Crippen LogP contribution in [-0.4, -0.2) is 72.0 Å². The van der Waals surface area contributed by atoms with E-state index >= 15 is 0 Å². The van der Waals surface area contributed by atoms with E-state index in [0.29, 0.717) is 29.9 Å². The zero-order valence-corrected chi connectivity index (χ0v) is 23.3. The SMILES string of the molecule is COc1cccc(OC2CCCN(C(=O)c3ccc(C(=O)NC4CCN(Cc5ccc(C#N)cc5)CC4)nc3)C2)c1. The van der Waals surface area contributed by atoms with E-state index < -0.39 is 0 Å². The highest BCUT2D eigenvalue weighted by molar-refractivity contribution is 5.96. The number of methoxy groups -OCH3 is 1. The van der Waals surface area contributed by atoms with Crippen LogP contribution in [0.25, 0.3) is 0 Å². The van der Waals surface area contributed by atoms with Crippen molar-refractivity contribution in [2.75, 3.05) is 33.3 Å². The van der Waals surface area contributed by atoms with E-state index in [1.165, 1.54) is 11.8 Å².